The molecule has 1 unspecified atom stereocenters. The molecule has 0 bridgehead atoms. The van der Waals surface area contributed by atoms with Crippen molar-refractivity contribution in [3.8, 4) is 0 Å². The second-order valence-corrected chi connectivity index (χ2v) is 4.30. The molecule has 0 saturated carbocycles. The number of aromatic nitrogens is 2. The topological polar surface area (TPSA) is 75.1 Å². The third kappa shape index (κ3) is 3.28. The number of carboxylic acids is 1. The Bertz CT molecular complexity index is 564. The summed E-state index contributed by atoms with van der Waals surface area (Å²) in [5, 5.41) is 12.2. The number of benzene rings is 1. The largest absolute Gasteiger partial charge is 0.479 e. The van der Waals surface area contributed by atoms with Gasteiger partial charge >= 0.3 is 5.97 Å². The Hall–Kier alpha value is -2.43. The number of nitrogens with zero attached hydrogens (tertiary/aromatic N) is 2. The molecule has 1 heterocycles. The van der Waals surface area contributed by atoms with Crippen LogP contribution in [0.25, 0.3) is 0 Å². The van der Waals surface area contributed by atoms with E-state index in [2.05, 4.69) is 15.3 Å². The van der Waals surface area contributed by atoms with E-state index in [0.717, 1.165) is 11.4 Å². The summed E-state index contributed by atoms with van der Waals surface area (Å²) in [5.41, 5.74) is 2.26. The second kappa shape index (κ2) is 5.48. The van der Waals surface area contributed by atoms with Crippen molar-refractivity contribution in [3.05, 3.63) is 53.3 Å². The molecule has 0 aliphatic carbocycles. The highest BCUT2D eigenvalue weighted by Crippen LogP contribution is 2.17. The van der Waals surface area contributed by atoms with Gasteiger partial charge in [0.15, 0.2) is 6.04 Å². The third-order valence-corrected chi connectivity index (χ3v) is 2.64. The monoisotopic (exact) mass is 257 g/mol. The summed E-state index contributed by atoms with van der Waals surface area (Å²) in [6, 6.07) is 9.94. The summed E-state index contributed by atoms with van der Waals surface area (Å²) < 4.78 is 0. The number of nitrogens with one attached hydrogen (secondary N) is 1. The lowest BCUT2D eigenvalue weighted by Crippen LogP contribution is -2.22. The Kier molecular flexibility index (Phi) is 3.75. The molecule has 1 atom stereocenters. The Morgan fingerprint density at radius 1 is 1.16 bits per heavy atom. The average molecular weight is 257 g/mol. The second-order valence-electron chi connectivity index (χ2n) is 4.30. The molecular formula is C14H15N3O2. The van der Waals surface area contributed by atoms with Gasteiger partial charge < -0.3 is 10.4 Å². The normalized spacial score (nSPS) is 11.9. The van der Waals surface area contributed by atoms with E-state index < -0.39 is 12.0 Å². The van der Waals surface area contributed by atoms with Crippen molar-refractivity contribution in [1.82, 2.24) is 9.97 Å². The van der Waals surface area contributed by atoms with Gasteiger partial charge in [0.1, 0.15) is 0 Å². The first-order valence-electron chi connectivity index (χ1n) is 5.93. The van der Waals surface area contributed by atoms with Crippen LogP contribution in [0.3, 0.4) is 0 Å². The fraction of sp³-hybridized carbons (Fsp3) is 0.214. The molecule has 2 rings (SSSR count). The zero-order valence-electron chi connectivity index (χ0n) is 10.8. The van der Waals surface area contributed by atoms with Crippen molar-refractivity contribution in [1.29, 1.82) is 0 Å². The highest BCUT2D eigenvalue weighted by atomic mass is 16.4. The highest BCUT2D eigenvalue weighted by molar-refractivity contribution is 5.78. The van der Waals surface area contributed by atoms with E-state index in [1.807, 2.05) is 26.0 Å². The first-order valence-corrected chi connectivity index (χ1v) is 5.93. The Balaban J connectivity index is 2.29. The molecular weight excluding hydrogens is 242 g/mol. The van der Waals surface area contributed by atoms with Crippen molar-refractivity contribution in [2.24, 2.45) is 0 Å². The summed E-state index contributed by atoms with van der Waals surface area (Å²) in [6.07, 6.45) is 0. The Labute approximate surface area is 111 Å². The quantitative estimate of drug-likeness (QED) is 0.879. The number of aryl methyl sites for hydroxylation is 2. The minimum Gasteiger partial charge on any atom is -0.479 e. The van der Waals surface area contributed by atoms with Crippen LogP contribution in [0.2, 0.25) is 0 Å². The minimum absolute atomic E-state index is 0.328. The van der Waals surface area contributed by atoms with E-state index in [4.69, 9.17) is 0 Å². The lowest BCUT2D eigenvalue weighted by atomic mass is 10.1. The van der Waals surface area contributed by atoms with Crippen molar-refractivity contribution < 1.29 is 9.90 Å². The highest BCUT2D eigenvalue weighted by Gasteiger charge is 2.20. The van der Waals surface area contributed by atoms with E-state index in [-0.39, 0.29) is 0 Å². The van der Waals surface area contributed by atoms with Crippen LogP contribution in [0, 0.1) is 13.8 Å². The van der Waals surface area contributed by atoms with Gasteiger partial charge in [0.05, 0.1) is 0 Å². The van der Waals surface area contributed by atoms with Gasteiger partial charge in [0.2, 0.25) is 5.95 Å². The van der Waals surface area contributed by atoms with Crippen molar-refractivity contribution in [2.75, 3.05) is 5.32 Å². The van der Waals surface area contributed by atoms with Gasteiger partial charge in [-0.15, -0.1) is 0 Å². The fourth-order valence-electron chi connectivity index (χ4n) is 1.85. The maximum Gasteiger partial charge on any atom is 0.330 e. The molecule has 5 nitrogen and oxygen atoms in total. The SMILES string of the molecule is Cc1cc(C)nc(NC(C(=O)O)c2ccccc2)n1. The average Bonchev–Trinajstić information content (AvgIpc) is 2.35. The lowest BCUT2D eigenvalue weighted by Gasteiger charge is -2.15. The van der Waals surface area contributed by atoms with Crippen molar-refractivity contribution in [3.63, 3.8) is 0 Å². The molecule has 0 amide bonds. The maximum absolute atomic E-state index is 11.4. The molecule has 1 aromatic heterocycles. The molecule has 1 aromatic carbocycles. The predicted molar refractivity (Wildman–Crippen MR) is 71.9 cm³/mol. The van der Waals surface area contributed by atoms with Gasteiger partial charge in [-0.3, -0.25) is 0 Å². The van der Waals surface area contributed by atoms with Crippen LogP contribution in [0.5, 0.6) is 0 Å². The van der Waals surface area contributed by atoms with Gasteiger partial charge in [-0.1, -0.05) is 30.3 Å². The Morgan fingerprint density at radius 2 is 1.74 bits per heavy atom. The van der Waals surface area contributed by atoms with Gasteiger partial charge in [-0.2, -0.15) is 0 Å². The smallest absolute Gasteiger partial charge is 0.330 e. The van der Waals surface area contributed by atoms with Gasteiger partial charge in [0.25, 0.3) is 0 Å². The van der Waals surface area contributed by atoms with Crippen LogP contribution in [0.4, 0.5) is 5.95 Å². The van der Waals surface area contributed by atoms with Crippen LogP contribution in [-0.2, 0) is 4.79 Å². The number of hydrogen-bond donors (Lipinski definition) is 2. The van der Waals surface area contributed by atoms with E-state index in [1.165, 1.54) is 0 Å². The fourth-order valence-corrected chi connectivity index (χ4v) is 1.85. The number of carboxylic acid groups (broad SMARTS) is 1. The number of aliphatic carboxylic acids is 1. The molecule has 0 fully saturated rings. The number of rotatable bonds is 4. The van der Waals surface area contributed by atoms with Crippen LogP contribution >= 0.6 is 0 Å². The molecule has 0 aliphatic heterocycles. The van der Waals surface area contributed by atoms with Gasteiger partial charge in [-0.05, 0) is 25.5 Å². The predicted octanol–water partition coefficient (Wildman–Crippen LogP) is 2.33. The molecule has 98 valence electrons. The molecule has 0 spiro atoms. The van der Waals surface area contributed by atoms with Crippen molar-refractivity contribution in [2.45, 2.75) is 19.9 Å². The van der Waals surface area contributed by atoms with Crippen LogP contribution < -0.4 is 5.32 Å². The van der Waals surface area contributed by atoms with Crippen molar-refractivity contribution >= 4 is 11.9 Å². The molecule has 0 radical (unpaired) electrons. The Morgan fingerprint density at radius 3 is 2.26 bits per heavy atom. The summed E-state index contributed by atoms with van der Waals surface area (Å²) in [5.74, 6) is -0.636. The van der Waals surface area contributed by atoms with E-state index in [1.54, 1.807) is 24.3 Å². The number of anilines is 1. The van der Waals surface area contributed by atoms with Crippen LogP contribution in [-0.4, -0.2) is 21.0 Å². The first-order chi connectivity index (χ1) is 9.06. The summed E-state index contributed by atoms with van der Waals surface area (Å²) in [4.78, 5) is 19.7. The molecule has 0 aliphatic rings. The van der Waals surface area contributed by atoms with Crippen LogP contribution in [0.1, 0.15) is 23.0 Å². The molecule has 19 heavy (non-hydrogen) atoms. The standard InChI is InChI=1S/C14H15N3O2/c1-9-8-10(2)16-14(15-9)17-12(13(18)19)11-6-4-3-5-7-11/h3-8,12H,1-2H3,(H,18,19)(H,15,16,17). The third-order valence-electron chi connectivity index (χ3n) is 2.64. The maximum atomic E-state index is 11.4. The number of hydrogen-bond acceptors (Lipinski definition) is 4. The lowest BCUT2D eigenvalue weighted by molar-refractivity contribution is -0.138. The zero-order chi connectivity index (χ0) is 13.8. The van der Waals surface area contributed by atoms with E-state index >= 15 is 0 Å². The first kappa shape index (κ1) is 13.0. The van der Waals surface area contributed by atoms with E-state index in [9.17, 15) is 9.90 Å². The zero-order valence-corrected chi connectivity index (χ0v) is 10.8. The minimum atomic E-state index is -0.964. The summed E-state index contributed by atoms with van der Waals surface area (Å²) in [7, 11) is 0. The van der Waals surface area contributed by atoms with Crippen LogP contribution in [0.15, 0.2) is 36.4 Å². The van der Waals surface area contributed by atoms with E-state index in [0.29, 0.717) is 11.5 Å². The summed E-state index contributed by atoms with van der Waals surface area (Å²) >= 11 is 0. The number of carbonyl (C=O) groups is 1. The van der Waals surface area contributed by atoms with Gasteiger partial charge in [-0.25, -0.2) is 14.8 Å². The molecule has 2 aromatic rings. The van der Waals surface area contributed by atoms with Gasteiger partial charge in [0, 0.05) is 11.4 Å². The molecule has 5 heteroatoms. The summed E-state index contributed by atoms with van der Waals surface area (Å²) in [6.45, 7) is 3.69. The molecule has 0 saturated heterocycles. The molecule has 2 N–H and O–H groups in total.